The zero-order valence-corrected chi connectivity index (χ0v) is 12.3. The summed E-state index contributed by atoms with van der Waals surface area (Å²) in [5, 5.41) is 6.48. The first-order chi connectivity index (χ1) is 9.69. The molecule has 110 valence electrons. The summed E-state index contributed by atoms with van der Waals surface area (Å²) in [4.78, 5) is 12.1. The predicted octanol–water partition coefficient (Wildman–Crippen LogP) is 1.74. The number of rotatable bonds is 5. The molecule has 1 atom stereocenters. The van der Waals surface area contributed by atoms with Crippen molar-refractivity contribution in [2.24, 2.45) is 5.92 Å². The summed E-state index contributed by atoms with van der Waals surface area (Å²) in [5.74, 6) is 1.51. The first kappa shape index (κ1) is 14.9. The van der Waals surface area contributed by atoms with E-state index in [0.29, 0.717) is 12.3 Å². The summed E-state index contributed by atoms with van der Waals surface area (Å²) in [7, 11) is 1.64. The molecule has 1 aromatic carbocycles. The van der Waals surface area contributed by atoms with E-state index in [0.717, 1.165) is 37.2 Å². The summed E-state index contributed by atoms with van der Waals surface area (Å²) in [6, 6.07) is 7.90. The van der Waals surface area contributed by atoms with Crippen molar-refractivity contribution in [1.82, 2.24) is 10.6 Å². The van der Waals surface area contributed by atoms with Crippen LogP contribution in [0.4, 0.5) is 0 Å². The molecule has 0 spiro atoms. The topological polar surface area (TPSA) is 50.4 Å². The highest BCUT2D eigenvalue weighted by Crippen LogP contribution is 2.16. The van der Waals surface area contributed by atoms with E-state index in [2.05, 4.69) is 17.6 Å². The van der Waals surface area contributed by atoms with Crippen LogP contribution in [0.2, 0.25) is 0 Å². The first-order valence-electron chi connectivity index (χ1n) is 7.32. The molecule has 2 rings (SSSR count). The molecule has 1 aromatic rings. The van der Waals surface area contributed by atoms with Crippen molar-refractivity contribution >= 4 is 5.91 Å². The minimum absolute atomic E-state index is 0.0983. The maximum Gasteiger partial charge on any atom is 0.224 e. The van der Waals surface area contributed by atoms with Gasteiger partial charge >= 0.3 is 0 Å². The Morgan fingerprint density at radius 1 is 1.35 bits per heavy atom. The van der Waals surface area contributed by atoms with Gasteiger partial charge in [0.1, 0.15) is 5.75 Å². The van der Waals surface area contributed by atoms with Crippen molar-refractivity contribution in [1.29, 1.82) is 0 Å². The number of carbonyl (C=O) groups is 1. The van der Waals surface area contributed by atoms with Gasteiger partial charge in [-0.25, -0.2) is 0 Å². The van der Waals surface area contributed by atoms with Gasteiger partial charge in [0.15, 0.2) is 0 Å². The number of nitrogens with one attached hydrogen (secondary N) is 2. The van der Waals surface area contributed by atoms with Crippen LogP contribution in [0.3, 0.4) is 0 Å². The maximum atomic E-state index is 12.1. The number of amides is 1. The fourth-order valence-corrected chi connectivity index (χ4v) is 2.70. The van der Waals surface area contributed by atoms with Gasteiger partial charge in [-0.1, -0.05) is 12.1 Å². The Morgan fingerprint density at radius 2 is 2.00 bits per heavy atom. The average molecular weight is 276 g/mol. The van der Waals surface area contributed by atoms with Gasteiger partial charge in [0.25, 0.3) is 0 Å². The Morgan fingerprint density at radius 3 is 2.60 bits per heavy atom. The van der Waals surface area contributed by atoms with Gasteiger partial charge in [-0.2, -0.15) is 0 Å². The van der Waals surface area contributed by atoms with E-state index >= 15 is 0 Å². The lowest BCUT2D eigenvalue weighted by atomic mass is 9.91. The molecule has 4 heteroatoms. The second-order valence-electron chi connectivity index (χ2n) is 5.47. The van der Waals surface area contributed by atoms with E-state index in [1.165, 1.54) is 0 Å². The van der Waals surface area contributed by atoms with Crippen molar-refractivity contribution in [3.8, 4) is 5.75 Å². The summed E-state index contributed by atoms with van der Waals surface area (Å²) in [6.07, 6.45) is 2.72. The molecule has 20 heavy (non-hydrogen) atoms. The van der Waals surface area contributed by atoms with Crippen LogP contribution in [0.25, 0.3) is 0 Å². The van der Waals surface area contributed by atoms with E-state index in [9.17, 15) is 4.79 Å². The molecule has 0 bridgehead atoms. The molecule has 0 aliphatic carbocycles. The number of hydrogen-bond donors (Lipinski definition) is 2. The smallest absolute Gasteiger partial charge is 0.224 e. The van der Waals surface area contributed by atoms with Gasteiger partial charge in [-0.15, -0.1) is 0 Å². The molecule has 0 radical (unpaired) electrons. The summed E-state index contributed by atoms with van der Waals surface area (Å²) in [6.45, 7) is 4.23. The third-order valence-corrected chi connectivity index (χ3v) is 4.00. The standard InChI is InChI=1S/C16H24N2O2/c1-12(14-7-9-17-10-8-14)18-16(19)11-13-3-5-15(20-2)6-4-13/h3-6,12,14,17H,7-11H2,1-2H3,(H,18,19). The van der Waals surface area contributed by atoms with Crippen LogP contribution < -0.4 is 15.4 Å². The Hall–Kier alpha value is -1.55. The largest absolute Gasteiger partial charge is 0.497 e. The maximum absolute atomic E-state index is 12.1. The monoisotopic (exact) mass is 276 g/mol. The number of piperidine rings is 1. The van der Waals surface area contributed by atoms with Gasteiger partial charge in [-0.3, -0.25) is 4.79 Å². The number of hydrogen-bond acceptors (Lipinski definition) is 3. The Labute approximate surface area is 120 Å². The molecule has 2 N–H and O–H groups in total. The van der Waals surface area contributed by atoms with Gasteiger partial charge in [-0.05, 0) is 56.5 Å². The van der Waals surface area contributed by atoms with Crippen LogP contribution in [0, 0.1) is 5.92 Å². The second-order valence-corrected chi connectivity index (χ2v) is 5.47. The highest BCUT2D eigenvalue weighted by atomic mass is 16.5. The quantitative estimate of drug-likeness (QED) is 0.861. The van der Waals surface area contributed by atoms with Crippen molar-refractivity contribution < 1.29 is 9.53 Å². The van der Waals surface area contributed by atoms with E-state index < -0.39 is 0 Å². The summed E-state index contributed by atoms with van der Waals surface area (Å²) in [5.41, 5.74) is 1.01. The van der Waals surface area contributed by atoms with Crippen LogP contribution in [0.15, 0.2) is 24.3 Å². The van der Waals surface area contributed by atoms with Gasteiger partial charge in [0.2, 0.25) is 5.91 Å². The van der Waals surface area contributed by atoms with Crippen molar-refractivity contribution in [3.05, 3.63) is 29.8 Å². The third-order valence-electron chi connectivity index (χ3n) is 4.00. The van der Waals surface area contributed by atoms with Crippen LogP contribution in [-0.4, -0.2) is 32.1 Å². The number of carbonyl (C=O) groups excluding carboxylic acids is 1. The van der Waals surface area contributed by atoms with Crippen molar-refractivity contribution in [3.63, 3.8) is 0 Å². The molecule has 1 aliphatic rings. The number of ether oxygens (including phenoxy) is 1. The van der Waals surface area contributed by atoms with Gasteiger partial charge in [0.05, 0.1) is 13.5 Å². The van der Waals surface area contributed by atoms with Crippen LogP contribution in [0.1, 0.15) is 25.3 Å². The van der Waals surface area contributed by atoms with E-state index in [4.69, 9.17) is 4.74 Å². The molecule has 0 aromatic heterocycles. The van der Waals surface area contributed by atoms with E-state index in [-0.39, 0.29) is 11.9 Å². The first-order valence-corrected chi connectivity index (χ1v) is 7.32. The number of methoxy groups -OCH3 is 1. The third kappa shape index (κ3) is 4.23. The SMILES string of the molecule is COc1ccc(CC(=O)NC(C)C2CCNCC2)cc1. The molecule has 1 heterocycles. The normalized spacial score (nSPS) is 17.5. The summed E-state index contributed by atoms with van der Waals surface area (Å²) < 4.78 is 5.11. The molecule has 1 unspecified atom stereocenters. The molecule has 4 nitrogen and oxygen atoms in total. The average Bonchev–Trinajstić information content (AvgIpc) is 2.49. The molecule has 1 fully saturated rings. The highest BCUT2D eigenvalue weighted by Gasteiger charge is 2.21. The lowest BCUT2D eigenvalue weighted by Crippen LogP contribution is -2.43. The molecular formula is C16H24N2O2. The lowest BCUT2D eigenvalue weighted by molar-refractivity contribution is -0.121. The molecule has 1 amide bonds. The molecule has 1 aliphatic heterocycles. The molecule has 0 saturated carbocycles. The van der Waals surface area contributed by atoms with E-state index in [1.807, 2.05) is 24.3 Å². The Kier molecular flexibility index (Phi) is 5.41. The number of benzene rings is 1. The van der Waals surface area contributed by atoms with E-state index in [1.54, 1.807) is 7.11 Å². The highest BCUT2D eigenvalue weighted by molar-refractivity contribution is 5.78. The van der Waals surface area contributed by atoms with Crippen LogP contribution >= 0.6 is 0 Å². The second kappa shape index (κ2) is 7.29. The fraction of sp³-hybridized carbons (Fsp3) is 0.562. The van der Waals surface area contributed by atoms with Crippen LogP contribution in [-0.2, 0) is 11.2 Å². The minimum Gasteiger partial charge on any atom is -0.497 e. The predicted molar refractivity (Wildman–Crippen MR) is 79.9 cm³/mol. The molecular weight excluding hydrogens is 252 g/mol. The van der Waals surface area contributed by atoms with Gasteiger partial charge in [0, 0.05) is 6.04 Å². The minimum atomic E-state index is 0.0983. The van der Waals surface area contributed by atoms with Crippen LogP contribution in [0.5, 0.6) is 5.75 Å². The van der Waals surface area contributed by atoms with Crippen molar-refractivity contribution in [2.45, 2.75) is 32.2 Å². The van der Waals surface area contributed by atoms with Gasteiger partial charge < -0.3 is 15.4 Å². The zero-order valence-electron chi connectivity index (χ0n) is 12.3. The Balaban J connectivity index is 1.81. The zero-order chi connectivity index (χ0) is 14.4. The Bertz CT molecular complexity index is 425. The lowest BCUT2D eigenvalue weighted by Gasteiger charge is -2.28. The summed E-state index contributed by atoms with van der Waals surface area (Å²) >= 11 is 0. The fourth-order valence-electron chi connectivity index (χ4n) is 2.70. The molecule has 1 saturated heterocycles. The van der Waals surface area contributed by atoms with Crippen molar-refractivity contribution in [2.75, 3.05) is 20.2 Å².